The Morgan fingerprint density at radius 2 is 1.86 bits per heavy atom. The predicted molar refractivity (Wildman–Crippen MR) is 97.7 cm³/mol. The Balaban J connectivity index is 1.53. The second-order valence-electron chi connectivity index (χ2n) is 7.12. The average Bonchev–Trinajstić information content (AvgIpc) is 2.68. The number of carbonyl (C=O) groups is 1. The fourth-order valence-electron chi connectivity index (χ4n) is 3.45. The van der Waals surface area contributed by atoms with E-state index in [0.717, 1.165) is 37.1 Å². The first-order chi connectivity index (χ1) is 13.3. The molecule has 3 nitrogen and oxygen atoms in total. The highest BCUT2D eigenvalue weighted by Crippen LogP contribution is 2.29. The summed E-state index contributed by atoms with van der Waals surface area (Å²) in [5.74, 6) is -0.643. The van der Waals surface area contributed by atoms with Crippen molar-refractivity contribution in [2.75, 3.05) is 13.1 Å². The normalized spacial score (nSPS) is 18.1. The van der Waals surface area contributed by atoms with Crippen LogP contribution in [0.3, 0.4) is 0 Å². The van der Waals surface area contributed by atoms with Crippen molar-refractivity contribution in [3.8, 4) is 0 Å². The summed E-state index contributed by atoms with van der Waals surface area (Å²) in [7, 11) is 0. The van der Waals surface area contributed by atoms with E-state index in [4.69, 9.17) is 0 Å². The van der Waals surface area contributed by atoms with Gasteiger partial charge in [-0.25, -0.2) is 4.39 Å². The van der Waals surface area contributed by atoms with Crippen LogP contribution in [0.2, 0.25) is 0 Å². The Kier molecular flexibility index (Phi) is 6.34. The second-order valence-corrected chi connectivity index (χ2v) is 7.12. The summed E-state index contributed by atoms with van der Waals surface area (Å²) in [5.41, 5.74) is 0.677. The third kappa shape index (κ3) is 5.55. The Bertz CT molecular complexity index is 805. The number of halogens is 4. The maximum atomic E-state index is 13.0. The van der Waals surface area contributed by atoms with Gasteiger partial charge in [-0.1, -0.05) is 24.3 Å². The minimum atomic E-state index is -4.40. The van der Waals surface area contributed by atoms with Gasteiger partial charge in [-0.05, 0) is 54.8 Å². The number of piperidine rings is 1. The molecular formula is C21H22F4N2O. The van der Waals surface area contributed by atoms with E-state index in [2.05, 4.69) is 10.2 Å². The number of likely N-dealkylation sites (tertiary alicyclic amines) is 1. The van der Waals surface area contributed by atoms with E-state index in [0.29, 0.717) is 18.7 Å². The first kappa shape index (κ1) is 20.3. The van der Waals surface area contributed by atoms with Crippen LogP contribution in [0, 0.1) is 11.7 Å². The van der Waals surface area contributed by atoms with Gasteiger partial charge in [-0.2, -0.15) is 13.2 Å². The van der Waals surface area contributed by atoms with Crippen molar-refractivity contribution in [1.82, 2.24) is 10.2 Å². The first-order valence-electron chi connectivity index (χ1n) is 9.22. The van der Waals surface area contributed by atoms with Gasteiger partial charge in [-0.15, -0.1) is 0 Å². The van der Waals surface area contributed by atoms with Gasteiger partial charge in [-0.3, -0.25) is 9.69 Å². The fraction of sp³-hybridized carbons (Fsp3) is 0.381. The average molecular weight is 394 g/mol. The van der Waals surface area contributed by atoms with Gasteiger partial charge in [0, 0.05) is 19.6 Å². The molecule has 1 heterocycles. The summed E-state index contributed by atoms with van der Waals surface area (Å²) in [6.07, 6.45) is -2.79. The van der Waals surface area contributed by atoms with Crippen LogP contribution in [0.1, 0.15) is 29.5 Å². The van der Waals surface area contributed by atoms with Crippen molar-refractivity contribution in [3.05, 3.63) is 71.0 Å². The van der Waals surface area contributed by atoms with Gasteiger partial charge < -0.3 is 5.32 Å². The number of nitrogens with zero attached hydrogens (tertiary/aromatic N) is 1. The van der Waals surface area contributed by atoms with Crippen LogP contribution in [0.15, 0.2) is 48.5 Å². The van der Waals surface area contributed by atoms with E-state index in [1.54, 1.807) is 18.2 Å². The largest absolute Gasteiger partial charge is 0.416 e. The highest BCUT2D eigenvalue weighted by molar-refractivity contribution is 5.79. The number of carbonyl (C=O) groups excluding carboxylic acids is 1. The summed E-state index contributed by atoms with van der Waals surface area (Å²) < 4.78 is 51.4. The summed E-state index contributed by atoms with van der Waals surface area (Å²) in [6, 6.07) is 11.3. The molecule has 1 aliphatic rings. The predicted octanol–water partition coefficient (Wildman–Crippen LogP) is 4.37. The maximum absolute atomic E-state index is 13.0. The number of hydrogen-bond donors (Lipinski definition) is 1. The smallest absolute Gasteiger partial charge is 0.352 e. The molecule has 1 fully saturated rings. The van der Waals surface area contributed by atoms with Gasteiger partial charge in [0.15, 0.2) is 0 Å². The molecule has 0 aliphatic carbocycles. The van der Waals surface area contributed by atoms with Crippen molar-refractivity contribution >= 4 is 5.91 Å². The molecule has 0 saturated carbocycles. The molecule has 0 aromatic heterocycles. The van der Waals surface area contributed by atoms with Gasteiger partial charge in [0.05, 0.1) is 11.5 Å². The van der Waals surface area contributed by atoms with Crippen molar-refractivity contribution in [2.45, 2.75) is 32.1 Å². The fourth-order valence-corrected chi connectivity index (χ4v) is 3.45. The third-order valence-electron chi connectivity index (χ3n) is 4.92. The quantitative estimate of drug-likeness (QED) is 0.764. The van der Waals surface area contributed by atoms with Crippen LogP contribution in [-0.4, -0.2) is 23.9 Å². The van der Waals surface area contributed by atoms with E-state index in [1.165, 1.54) is 18.2 Å². The second kappa shape index (κ2) is 8.73. The van der Waals surface area contributed by atoms with E-state index < -0.39 is 11.7 Å². The van der Waals surface area contributed by atoms with E-state index in [-0.39, 0.29) is 24.2 Å². The molecule has 1 amide bonds. The van der Waals surface area contributed by atoms with Crippen LogP contribution in [0.25, 0.3) is 0 Å². The first-order valence-corrected chi connectivity index (χ1v) is 9.22. The highest BCUT2D eigenvalue weighted by atomic mass is 19.4. The number of benzene rings is 2. The van der Waals surface area contributed by atoms with Gasteiger partial charge in [0.1, 0.15) is 5.82 Å². The lowest BCUT2D eigenvalue weighted by atomic mass is 9.96. The molecule has 2 aromatic rings. The zero-order chi connectivity index (χ0) is 20.1. The molecule has 0 bridgehead atoms. The maximum Gasteiger partial charge on any atom is 0.416 e. The SMILES string of the molecule is O=C(NCc1cccc(C(F)(F)F)c1)[C@H]1CCCN(Cc2ccc(F)cc2)C1. The Morgan fingerprint density at radius 1 is 1.11 bits per heavy atom. The standard InChI is InChI=1S/C21H22F4N2O/c22-19-8-6-15(7-9-19)13-27-10-2-4-17(14-27)20(28)26-12-16-3-1-5-18(11-16)21(23,24)25/h1,3,5-9,11,17H,2,4,10,12-14H2,(H,26,28)/t17-/m0/s1. The van der Waals surface area contributed by atoms with Crippen molar-refractivity contribution in [1.29, 1.82) is 0 Å². The molecule has 1 aliphatic heterocycles. The zero-order valence-corrected chi connectivity index (χ0v) is 15.3. The minimum absolute atomic E-state index is 0.0667. The number of nitrogens with one attached hydrogen (secondary N) is 1. The summed E-state index contributed by atoms with van der Waals surface area (Å²) >= 11 is 0. The van der Waals surface area contributed by atoms with E-state index in [1.807, 2.05) is 0 Å². The Hall–Kier alpha value is -2.41. The van der Waals surface area contributed by atoms with Crippen molar-refractivity contribution in [2.24, 2.45) is 5.92 Å². The number of rotatable bonds is 5. The number of amides is 1. The Labute approximate surface area is 161 Å². The monoisotopic (exact) mass is 394 g/mol. The molecule has 0 radical (unpaired) electrons. The molecule has 2 aromatic carbocycles. The molecule has 0 unspecified atom stereocenters. The van der Waals surface area contributed by atoms with Gasteiger partial charge in [0.2, 0.25) is 5.91 Å². The lowest BCUT2D eigenvalue weighted by Gasteiger charge is -2.32. The minimum Gasteiger partial charge on any atom is -0.352 e. The molecule has 7 heteroatoms. The van der Waals surface area contributed by atoms with E-state index in [9.17, 15) is 22.4 Å². The number of hydrogen-bond acceptors (Lipinski definition) is 2. The van der Waals surface area contributed by atoms with Crippen LogP contribution >= 0.6 is 0 Å². The molecule has 3 rings (SSSR count). The molecule has 1 atom stereocenters. The molecular weight excluding hydrogens is 372 g/mol. The summed E-state index contributed by atoms with van der Waals surface area (Å²) in [5, 5.41) is 2.76. The lowest BCUT2D eigenvalue weighted by molar-refractivity contribution is -0.137. The molecule has 28 heavy (non-hydrogen) atoms. The van der Waals surface area contributed by atoms with E-state index >= 15 is 0 Å². The Morgan fingerprint density at radius 3 is 2.57 bits per heavy atom. The molecule has 1 saturated heterocycles. The zero-order valence-electron chi connectivity index (χ0n) is 15.3. The third-order valence-corrected chi connectivity index (χ3v) is 4.92. The van der Waals surface area contributed by atoms with Crippen molar-refractivity contribution in [3.63, 3.8) is 0 Å². The van der Waals surface area contributed by atoms with Crippen LogP contribution in [-0.2, 0) is 24.1 Å². The number of alkyl halides is 3. The molecule has 1 N–H and O–H groups in total. The van der Waals surface area contributed by atoms with Gasteiger partial charge in [0.25, 0.3) is 0 Å². The van der Waals surface area contributed by atoms with Crippen LogP contribution < -0.4 is 5.32 Å². The van der Waals surface area contributed by atoms with Gasteiger partial charge >= 0.3 is 6.18 Å². The van der Waals surface area contributed by atoms with Crippen LogP contribution in [0.4, 0.5) is 17.6 Å². The topological polar surface area (TPSA) is 32.3 Å². The highest BCUT2D eigenvalue weighted by Gasteiger charge is 2.30. The lowest BCUT2D eigenvalue weighted by Crippen LogP contribution is -2.42. The van der Waals surface area contributed by atoms with Crippen LogP contribution in [0.5, 0.6) is 0 Å². The molecule has 0 spiro atoms. The summed E-state index contributed by atoms with van der Waals surface area (Å²) in [6.45, 7) is 2.13. The molecule has 150 valence electrons. The van der Waals surface area contributed by atoms with Crippen molar-refractivity contribution < 1.29 is 22.4 Å². The summed E-state index contributed by atoms with van der Waals surface area (Å²) in [4.78, 5) is 14.6.